The van der Waals surface area contributed by atoms with Crippen molar-refractivity contribution in [1.82, 2.24) is 5.32 Å². The van der Waals surface area contributed by atoms with Gasteiger partial charge in [-0.3, -0.25) is 10.1 Å². The van der Waals surface area contributed by atoms with Gasteiger partial charge in [-0.25, -0.2) is 0 Å². The van der Waals surface area contributed by atoms with Crippen molar-refractivity contribution in [1.29, 1.82) is 0 Å². The molecule has 94 valence electrons. The summed E-state index contributed by atoms with van der Waals surface area (Å²) in [6.45, 7) is 5.65. The summed E-state index contributed by atoms with van der Waals surface area (Å²) in [6.07, 6.45) is 0.459. The SMILES string of the molecule is CC(C)CNCCc1cccc([N+](=O)[O-])c1F. The van der Waals surface area contributed by atoms with Crippen molar-refractivity contribution in [2.45, 2.75) is 20.3 Å². The van der Waals surface area contributed by atoms with Crippen LogP contribution in [0.1, 0.15) is 19.4 Å². The van der Waals surface area contributed by atoms with E-state index in [0.29, 0.717) is 24.4 Å². The molecular weight excluding hydrogens is 223 g/mol. The zero-order valence-corrected chi connectivity index (χ0v) is 10.1. The van der Waals surface area contributed by atoms with Crippen LogP contribution in [0.3, 0.4) is 0 Å². The number of rotatable bonds is 6. The first-order valence-electron chi connectivity index (χ1n) is 5.65. The molecule has 0 spiro atoms. The average Bonchev–Trinajstić information content (AvgIpc) is 2.25. The molecule has 0 fully saturated rings. The minimum Gasteiger partial charge on any atom is -0.316 e. The molecule has 0 radical (unpaired) electrons. The lowest BCUT2D eigenvalue weighted by atomic mass is 10.1. The van der Waals surface area contributed by atoms with E-state index in [1.54, 1.807) is 6.07 Å². The molecule has 0 aliphatic heterocycles. The Labute approximate surface area is 100.0 Å². The highest BCUT2D eigenvalue weighted by atomic mass is 19.1. The van der Waals surface area contributed by atoms with Gasteiger partial charge in [0.1, 0.15) is 0 Å². The van der Waals surface area contributed by atoms with Gasteiger partial charge >= 0.3 is 5.69 Å². The second-order valence-corrected chi connectivity index (χ2v) is 4.36. The molecule has 4 nitrogen and oxygen atoms in total. The molecule has 5 heteroatoms. The Kier molecular flexibility index (Phi) is 5.03. The third-order valence-electron chi connectivity index (χ3n) is 2.38. The molecule has 0 atom stereocenters. The molecular formula is C12H17FN2O2. The highest BCUT2D eigenvalue weighted by molar-refractivity contribution is 5.36. The Morgan fingerprint density at radius 2 is 2.18 bits per heavy atom. The van der Waals surface area contributed by atoms with E-state index in [1.165, 1.54) is 12.1 Å². The molecule has 0 aliphatic carbocycles. The minimum atomic E-state index is -0.719. The lowest BCUT2D eigenvalue weighted by molar-refractivity contribution is -0.387. The number of nitrogens with one attached hydrogen (secondary N) is 1. The van der Waals surface area contributed by atoms with Crippen molar-refractivity contribution >= 4 is 5.69 Å². The van der Waals surface area contributed by atoms with Crippen molar-refractivity contribution in [3.8, 4) is 0 Å². The number of hydrogen-bond donors (Lipinski definition) is 1. The molecule has 0 aromatic heterocycles. The first-order chi connectivity index (χ1) is 8.02. The van der Waals surface area contributed by atoms with Crippen LogP contribution >= 0.6 is 0 Å². The fourth-order valence-corrected chi connectivity index (χ4v) is 1.51. The third-order valence-corrected chi connectivity index (χ3v) is 2.38. The summed E-state index contributed by atoms with van der Waals surface area (Å²) in [6, 6.07) is 4.28. The van der Waals surface area contributed by atoms with Gasteiger partial charge in [0, 0.05) is 6.07 Å². The minimum absolute atomic E-state index is 0.385. The number of nitro benzene ring substituents is 1. The van der Waals surface area contributed by atoms with Crippen LogP contribution in [0.25, 0.3) is 0 Å². The molecule has 1 aromatic rings. The van der Waals surface area contributed by atoms with Crippen molar-refractivity contribution in [3.63, 3.8) is 0 Å². The summed E-state index contributed by atoms with van der Waals surface area (Å²) in [5.74, 6) is -0.186. The van der Waals surface area contributed by atoms with Gasteiger partial charge in [0.05, 0.1) is 4.92 Å². The average molecular weight is 240 g/mol. The fraction of sp³-hybridized carbons (Fsp3) is 0.500. The lowest BCUT2D eigenvalue weighted by Crippen LogP contribution is -2.22. The number of benzene rings is 1. The van der Waals surface area contributed by atoms with Crippen LogP contribution in [0.5, 0.6) is 0 Å². The van der Waals surface area contributed by atoms with Crippen molar-refractivity contribution in [3.05, 3.63) is 39.7 Å². The normalized spacial score (nSPS) is 10.8. The summed E-state index contributed by atoms with van der Waals surface area (Å²) in [4.78, 5) is 9.85. The van der Waals surface area contributed by atoms with Gasteiger partial charge in [-0.15, -0.1) is 0 Å². The van der Waals surface area contributed by atoms with Crippen LogP contribution in [-0.4, -0.2) is 18.0 Å². The molecule has 1 rings (SSSR count). The molecule has 0 bridgehead atoms. The quantitative estimate of drug-likeness (QED) is 0.472. The zero-order chi connectivity index (χ0) is 12.8. The van der Waals surface area contributed by atoms with Crippen LogP contribution < -0.4 is 5.32 Å². The number of halogens is 1. The Morgan fingerprint density at radius 1 is 1.47 bits per heavy atom. The molecule has 1 aromatic carbocycles. The standard InChI is InChI=1S/C12H17FN2O2/c1-9(2)8-14-7-6-10-4-3-5-11(12(10)13)15(16)17/h3-5,9,14H,6-8H2,1-2H3. The van der Waals surface area contributed by atoms with E-state index in [4.69, 9.17) is 0 Å². The van der Waals surface area contributed by atoms with Crippen molar-refractivity contribution < 1.29 is 9.31 Å². The van der Waals surface area contributed by atoms with Crippen molar-refractivity contribution in [2.24, 2.45) is 5.92 Å². The fourth-order valence-electron chi connectivity index (χ4n) is 1.51. The monoisotopic (exact) mass is 240 g/mol. The molecule has 0 saturated heterocycles. The molecule has 0 unspecified atom stereocenters. The van der Waals surface area contributed by atoms with Crippen LogP contribution in [0.2, 0.25) is 0 Å². The Bertz CT molecular complexity index is 394. The van der Waals surface area contributed by atoms with Gasteiger partial charge in [0.25, 0.3) is 0 Å². The molecule has 0 aliphatic rings. The van der Waals surface area contributed by atoms with Crippen molar-refractivity contribution in [2.75, 3.05) is 13.1 Å². The van der Waals surface area contributed by atoms with Crippen LogP contribution in [0.15, 0.2) is 18.2 Å². The second kappa shape index (κ2) is 6.30. The van der Waals surface area contributed by atoms with Gasteiger partial charge in [0.2, 0.25) is 5.82 Å². The summed E-state index contributed by atoms with van der Waals surface area (Å²) in [5, 5.41) is 13.7. The van der Waals surface area contributed by atoms with Gasteiger partial charge < -0.3 is 5.32 Å². The zero-order valence-electron chi connectivity index (χ0n) is 10.1. The molecule has 0 heterocycles. The Morgan fingerprint density at radius 3 is 2.76 bits per heavy atom. The van der Waals surface area contributed by atoms with E-state index < -0.39 is 16.4 Å². The number of hydrogen-bond acceptors (Lipinski definition) is 3. The lowest BCUT2D eigenvalue weighted by Gasteiger charge is -2.07. The summed E-state index contributed by atoms with van der Waals surface area (Å²) < 4.78 is 13.6. The Hall–Kier alpha value is -1.49. The maximum atomic E-state index is 13.6. The van der Waals surface area contributed by atoms with Crippen LogP contribution in [0.4, 0.5) is 10.1 Å². The largest absolute Gasteiger partial charge is 0.316 e. The molecule has 17 heavy (non-hydrogen) atoms. The summed E-state index contributed by atoms with van der Waals surface area (Å²) >= 11 is 0. The molecule has 0 saturated carbocycles. The number of nitro groups is 1. The van der Waals surface area contributed by atoms with Gasteiger partial charge in [0.15, 0.2) is 0 Å². The van der Waals surface area contributed by atoms with E-state index in [2.05, 4.69) is 19.2 Å². The smallest absolute Gasteiger partial charge is 0.305 e. The van der Waals surface area contributed by atoms with E-state index in [-0.39, 0.29) is 0 Å². The third kappa shape index (κ3) is 4.11. The first kappa shape index (κ1) is 13.6. The van der Waals surface area contributed by atoms with E-state index >= 15 is 0 Å². The Balaban J connectivity index is 2.59. The first-order valence-corrected chi connectivity index (χ1v) is 5.65. The molecule has 1 N–H and O–H groups in total. The summed E-state index contributed by atoms with van der Waals surface area (Å²) in [7, 11) is 0. The van der Waals surface area contributed by atoms with Gasteiger partial charge in [-0.1, -0.05) is 26.0 Å². The number of nitrogens with zero attached hydrogens (tertiary/aromatic N) is 1. The molecule has 0 amide bonds. The van der Waals surface area contributed by atoms with Gasteiger partial charge in [-0.2, -0.15) is 4.39 Å². The van der Waals surface area contributed by atoms with E-state index in [9.17, 15) is 14.5 Å². The maximum Gasteiger partial charge on any atom is 0.305 e. The predicted molar refractivity (Wildman–Crippen MR) is 64.5 cm³/mol. The van der Waals surface area contributed by atoms with Crippen LogP contribution in [0, 0.1) is 21.8 Å². The second-order valence-electron chi connectivity index (χ2n) is 4.36. The van der Waals surface area contributed by atoms with Gasteiger partial charge in [-0.05, 0) is 31.0 Å². The highest BCUT2D eigenvalue weighted by Crippen LogP contribution is 2.20. The van der Waals surface area contributed by atoms with Crippen LogP contribution in [-0.2, 0) is 6.42 Å². The van der Waals surface area contributed by atoms with E-state index in [0.717, 1.165) is 6.54 Å². The maximum absolute atomic E-state index is 13.6. The highest BCUT2D eigenvalue weighted by Gasteiger charge is 2.16. The topological polar surface area (TPSA) is 55.2 Å². The summed E-state index contributed by atoms with van der Waals surface area (Å²) in [5.41, 5.74) is -0.0678. The predicted octanol–water partition coefficient (Wildman–Crippen LogP) is 2.52. The van der Waals surface area contributed by atoms with E-state index in [1.807, 2.05) is 0 Å².